The van der Waals surface area contributed by atoms with Crippen LogP contribution in [-0.2, 0) is 14.3 Å². The van der Waals surface area contributed by atoms with Gasteiger partial charge in [0.2, 0.25) is 0 Å². The van der Waals surface area contributed by atoms with Crippen molar-refractivity contribution in [3.63, 3.8) is 0 Å². The molecule has 0 aromatic carbocycles. The van der Waals surface area contributed by atoms with E-state index in [0.717, 1.165) is 48.5 Å². The molecule has 0 bridgehead atoms. The lowest BCUT2D eigenvalue weighted by Crippen LogP contribution is -2.51. The van der Waals surface area contributed by atoms with Crippen molar-refractivity contribution in [3.05, 3.63) is 11.6 Å². The summed E-state index contributed by atoms with van der Waals surface area (Å²) in [5, 5.41) is 0. The lowest BCUT2D eigenvalue weighted by atomic mass is 9.47. The molecule has 4 aliphatic carbocycles. The van der Waals surface area contributed by atoms with Crippen molar-refractivity contribution in [1.29, 1.82) is 0 Å². The van der Waals surface area contributed by atoms with Crippen molar-refractivity contribution in [3.8, 4) is 0 Å². The number of nitrogens with zero attached hydrogens (tertiary/aromatic N) is 1. The van der Waals surface area contributed by atoms with Crippen LogP contribution in [0.1, 0.15) is 112 Å². The molecule has 0 heterocycles. The molecule has 0 aliphatic heterocycles. The van der Waals surface area contributed by atoms with E-state index in [1.165, 1.54) is 64.2 Å². The summed E-state index contributed by atoms with van der Waals surface area (Å²) >= 11 is 0. The van der Waals surface area contributed by atoms with Gasteiger partial charge in [-0.3, -0.25) is 9.69 Å². The minimum Gasteiger partial charge on any atom is -0.465 e. The molecule has 4 heteroatoms. The fraction of sp³-hybridized carbons (Fsp3) is 0.912. The van der Waals surface area contributed by atoms with Crippen molar-refractivity contribution in [1.82, 2.24) is 4.90 Å². The van der Waals surface area contributed by atoms with E-state index in [0.29, 0.717) is 36.7 Å². The first-order chi connectivity index (χ1) is 18.1. The van der Waals surface area contributed by atoms with Gasteiger partial charge in [0, 0.05) is 6.54 Å². The van der Waals surface area contributed by atoms with Crippen molar-refractivity contribution in [2.24, 2.45) is 46.3 Å². The van der Waals surface area contributed by atoms with E-state index in [1.54, 1.807) is 5.57 Å². The van der Waals surface area contributed by atoms with Gasteiger partial charge in [-0.1, -0.05) is 65.5 Å². The van der Waals surface area contributed by atoms with Gasteiger partial charge in [-0.25, -0.2) is 0 Å². The number of carbonyl (C=O) groups is 1. The minimum absolute atomic E-state index is 0.150. The molecule has 3 saturated carbocycles. The lowest BCUT2D eigenvalue weighted by Gasteiger charge is -2.58. The van der Waals surface area contributed by atoms with E-state index in [1.807, 2.05) is 18.9 Å². The van der Waals surface area contributed by atoms with Gasteiger partial charge >= 0.3 is 5.97 Å². The molecule has 0 spiro atoms. The Balaban J connectivity index is 1.32. The molecule has 0 amide bonds. The van der Waals surface area contributed by atoms with E-state index < -0.39 is 0 Å². The zero-order valence-corrected chi connectivity index (χ0v) is 25.9. The average Bonchev–Trinajstić information content (AvgIpc) is 3.21. The maximum atomic E-state index is 11.7. The Kier molecular flexibility index (Phi) is 10.1. The molecule has 218 valence electrons. The second-order valence-electron chi connectivity index (χ2n) is 14.6. The number of hydrogen-bond donors (Lipinski definition) is 0. The zero-order valence-electron chi connectivity index (χ0n) is 25.9. The smallest absolute Gasteiger partial charge is 0.320 e. The zero-order chi connectivity index (χ0) is 27.5. The first kappa shape index (κ1) is 30.1. The van der Waals surface area contributed by atoms with Crippen LogP contribution in [0, 0.1) is 46.3 Å². The highest BCUT2D eigenvalue weighted by Crippen LogP contribution is 2.67. The van der Waals surface area contributed by atoms with Crippen LogP contribution in [-0.4, -0.2) is 50.3 Å². The van der Waals surface area contributed by atoms with Crippen LogP contribution >= 0.6 is 0 Å². The van der Waals surface area contributed by atoms with Gasteiger partial charge < -0.3 is 9.47 Å². The first-order valence-electron chi connectivity index (χ1n) is 16.2. The van der Waals surface area contributed by atoms with Crippen LogP contribution in [0.4, 0.5) is 0 Å². The van der Waals surface area contributed by atoms with Crippen molar-refractivity contribution in [2.45, 2.75) is 118 Å². The molecule has 3 unspecified atom stereocenters. The van der Waals surface area contributed by atoms with Crippen LogP contribution in [0.25, 0.3) is 0 Å². The van der Waals surface area contributed by atoms with Gasteiger partial charge in [0.05, 0.1) is 25.9 Å². The Hall–Kier alpha value is -0.870. The summed E-state index contributed by atoms with van der Waals surface area (Å²) in [7, 11) is 1.97. The standard InChI is InChI=1S/C34H59NO3/c1-8-37-32(36)23-35(7)20-21-38-27-16-18-33(5)26(22-27)12-13-28-30-15-14-29(25(4)11-9-10-24(2)3)34(30,6)19-17-31(28)33/h12,24-25,27-31H,8-11,13-23H2,1-7H3/t25-,27+,28?,29-,30?,31?,33+,34-/m1/s1. The Bertz CT molecular complexity index is 823. The molecule has 4 rings (SSSR count). The number of allylic oxidation sites excluding steroid dienone is 1. The van der Waals surface area contributed by atoms with Crippen LogP contribution in [0.5, 0.6) is 0 Å². The third-order valence-electron chi connectivity index (χ3n) is 11.8. The summed E-state index contributed by atoms with van der Waals surface area (Å²) in [5.74, 6) is 5.20. The second kappa shape index (κ2) is 12.8. The van der Waals surface area contributed by atoms with Gasteiger partial charge in [0.15, 0.2) is 0 Å². The van der Waals surface area contributed by atoms with Gasteiger partial charge in [-0.15, -0.1) is 0 Å². The number of fused-ring (bicyclic) bond motifs is 5. The molecule has 0 radical (unpaired) electrons. The molecule has 0 aromatic rings. The molecule has 3 fully saturated rings. The van der Waals surface area contributed by atoms with Crippen LogP contribution < -0.4 is 0 Å². The fourth-order valence-electron chi connectivity index (χ4n) is 9.68. The maximum absolute atomic E-state index is 11.7. The number of rotatable bonds is 12. The average molecular weight is 530 g/mol. The summed E-state index contributed by atoms with van der Waals surface area (Å²) in [6, 6.07) is 0. The fourth-order valence-corrected chi connectivity index (χ4v) is 9.68. The third-order valence-corrected chi connectivity index (χ3v) is 11.8. The van der Waals surface area contributed by atoms with Crippen LogP contribution in [0.3, 0.4) is 0 Å². The lowest BCUT2D eigenvalue weighted by molar-refractivity contribution is -0.144. The molecule has 38 heavy (non-hydrogen) atoms. The first-order valence-corrected chi connectivity index (χ1v) is 16.2. The highest BCUT2D eigenvalue weighted by atomic mass is 16.5. The topological polar surface area (TPSA) is 38.8 Å². The van der Waals surface area contributed by atoms with Gasteiger partial charge in [-0.05, 0) is 112 Å². The Morgan fingerprint density at radius 2 is 1.87 bits per heavy atom. The number of carbonyl (C=O) groups excluding carboxylic acids is 1. The number of esters is 1. The predicted molar refractivity (Wildman–Crippen MR) is 157 cm³/mol. The van der Waals surface area contributed by atoms with E-state index in [2.05, 4.69) is 40.7 Å². The largest absolute Gasteiger partial charge is 0.465 e. The van der Waals surface area contributed by atoms with E-state index in [9.17, 15) is 4.79 Å². The molecule has 0 aromatic heterocycles. The molecule has 0 N–H and O–H groups in total. The third kappa shape index (κ3) is 6.37. The monoisotopic (exact) mass is 529 g/mol. The second-order valence-corrected chi connectivity index (χ2v) is 14.6. The van der Waals surface area contributed by atoms with E-state index in [-0.39, 0.29) is 5.97 Å². The Morgan fingerprint density at radius 1 is 1.08 bits per heavy atom. The van der Waals surface area contributed by atoms with Crippen LogP contribution in [0.2, 0.25) is 0 Å². The Morgan fingerprint density at radius 3 is 2.61 bits per heavy atom. The summed E-state index contributed by atoms with van der Waals surface area (Å²) in [4.78, 5) is 13.7. The number of likely N-dealkylation sites (N-methyl/N-ethyl adjacent to an activating group) is 1. The predicted octanol–water partition coefficient (Wildman–Crippen LogP) is 7.91. The minimum atomic E-state index is -0.150. The van der Waals surface area contributed by atoms with E-state index in [4.69, 9.17) is 9.47 Å². The number of hydrogen-bond acceptors (Lipinski definition) is 4. The van der Waals surface area contributed by atoms with Gasteiger partial charge in [-0.2, -0.15) is 0 Å². The number of ether oxygens (including phenoxy) is 2. The summed E-state index contributed by atoms with van der Waals surface area (Å²) in [6.45, 7) is 16.7. The summed E-state index contributed by atoms with van der Waals surface area (Å²) in [6.07, 6.45) is 17.9. The molecular formula is C34H59NO3. The van der Waals surface area contributed by atoms with Gasteiger partial charge in [0.25, 0.3) is 0 Å². The quantitative estimate of drug-likeness (QED) is 0.190. The SMILES string of the molecule is CCOC(=O)CN(C)CCO[C@H]1CC[C@@]2(C)C(=CCC3C2CC[C@@]2(C)C3CC[C@@H]2[C@H](C)CCCC(C)C)C1. The summed E-state index contributed by atoms with van der Waals surface area (Å²) in [5.41, 5.74) is 2.65. The molecule has 8 atom stereocenters. The van der Waals surface area contributed by atoms with E-state index >= 15 is 0 Å². The van der Waals surface area contributed by atoms with Crippen molar-refractivity contribution >= 4 is 5.97 Å². The molecule has 4 nitrogen and oxygen atoms in total. The highest BCUT2D eigenvalue weighted by molar-refractivity contribution is 5.71. The Labute approximate surface area is 234 Å². The van der Waals surface area contributed by atoms with Gasteiger partial charge in [0.1, 0.15) is 0 Å². The molecule has 4 aliphatic rings. The molecular weight excluding hydrogens is 470 g/mol. The van der Waals surface area contributed by atoms with Crippen LogP contribution in [0.15, 0.2) is 11.6 Å². The normalized spacial score (nSPS) is 37.4. The van der Waals surface area contributed by atoms with Crippen molar-refractivity contribution < 1.29 is 14.3 Å². The van der Waals surface area contributed by atoms with Crippen molar-refractivity contribution in [2.75, 3.05) is 33.4 Å². The maximum Gasteiger partial charge on any atom is 0.320 e. The molecule has 0 saturated heterocycles. The highest BCUT2D eigenvalue weighted by Gasteiger charge is 2.59. The summed E-state index contributed by atoms with van der Waals surface area (Å²) < 4.78 is 11.4.